The molecular formula is C8H16OS. The standard InChI is InChI=1S/C8H16OS/c1-6(2)8(4)9-5-7(3)10-8/h6-7H,5H2,1-4H3/t7-,8+/m1/s1. The van der Waals surface area contributed by atoms with Crippen LogP contribution >= 0.6 is 11.8 Å². The van der Waals surface area contributed by atoms with Crippen LogP contribution in [-0.2, 0) is 4.74 Å². The number of thioether (sulfide) groups is 1. The Labute approximate surface area is 67.5 Å². The molecule has 1 nitrogen and oxygen atoms in total. The second-order valence-electron chi connectivity index (χ2n) is 3.41. The Balaban J connectivity index is 2.54. The number of hydrogen-bond acceptors (Lipinski definition) is 2. The molecule has 1 rings (SSSR count). The minimum absolute atomic E-state index is 0.0828. The van der Waals surface area contributed by atoms with E-state index in [0.717, 1.165) is 6.61 Å². The van der Waals surface area contributed by atoms with E-state index in [9.17, 15) is 0 Å². The lowest BCUT2D eigenvalue weighted by molar-refractivity contribution is 0.0272. The largest absolute Gasteiger partial charge is 0.363 e. The van der Waals surface area contributed by atoms with Gasteiger partial charge in [-0.05, 0) is 12.8 Å². The predicted molar refractivity (Wildman–Crippen MR) is 46.2 cm³/mol. The molecule has 0 bridgehead atoms. The molecule has 1 saturated heterocycles. The molecule has 0 amide bonds. The Morgan fingerprint density at radius 1 is 1.60 bits per heavy atom. The van der Waals surface area contributed by atoms with Crippen molar-refractivity contribution in [2.45, 2.75) is 37.9 Å². The van der Waals surface area contributed by atoms with Crippen molar-refractivity contribution in [3.05, 3.63) is 0 Å². The molecule has 0 saturated carbocycles. The van der Waals surface area contributed by atoms with Gasteiger partial charge in [-0.2, -0.15) is 0 Å². The van der Waals surface area contributed by atoms with Crippen molar-refractivity contribution < 1.29 is 4.74 Å². The Kier molecular flexibility index (Phi) is 2.31. The highest BCUT2D eigenvalue weighted by Gasteiger charge is 2.37. The average Bonchev–Trinajstić information content (AvgIpc) is 2.13. The summed E-state index contributed by atoms with van der Waals surface area (Å²) in [5.41, 5.74) is 0. The van der Waals surface area contributed by atoms with Gasteiger partial charge in [0.25, 0.3) is 0 Å². The van der Waals surface area contributed by atoms with Crippen LogP contribution in [0.3, 0.4) is 0 Å². The minimum atomic E-state index is 0.0828. The number of ether oxygens (including phenoxy) is 1. The Hall–Kier alpha value is 0.310. The van der Waals surface area contributed by atoms with E-state index < -0.39 is 0 Å². The van der Waals surface area contributed by atoms with Crippen LogP contribution in [0.15, 0.2) is 0 Å². The fourth-order valence-corrected chi connectivity index (χ4v) is 2.40. The maximum absolute atomic E-state index is 5.68. The van der Waals surface area contributed by atoms with E-state index in [-0.39, 0.29) is 4.93 Å². The van der Waals surface area contributed by atoms with Gasteiger partial charge in [0.1, 0.15) is 4.93 Å². The fourth-order valence-electron chi connectivity index (χ4n) is 1.05. The van der Waals surface area contributed by atoms with E-state index in [0.29, 0.717) is 11.2 Å². The highest BCUT2D eigenvalue weighted by atomic mass is 32.2. The molecule has 60 valence electrons. The van der Waals surface area contributed by atoms with Crippen LogP contribution in [0.4, 0.5) is 0 Å². The SMILES string of the molecule is CC(C)[C@@]1(C)OC[C@@H](C)S1. The smallest absolute Gasteiger partial charge is 0.113 e. The minimum Gasteiger partial charge on any atom is -0.363 e. The lowest BCUT2D eigenvalue weighted by Crippen LogP contribution is -2.26. The molecule has 2 atom stereocenters. The van der Waals surface area contributed by atoms with E-state index in [4.69, 9.17) is 4.74 Å². The Bertz CT molecular complexity index is 124. The quantitative estimate of drug-likeness (QED) is 0.583. The summed E-state index contributed by atoms with van der Waals surface area (Å²) in [5.74, 6) is 0.613. The second-order valence-corrected chi connectivity index (χ2v) is 5.26. The second kappa shape index (κ2) is 2.74. The fraction of sp³-hybridized carbons (Fsp3) is 1.00. The molecule has 2 heteroatoms. The lowest BCUT2D eigenvalue weighted by atomic mass is 10.1. The molecule has 1 aliphatic heterocycles. The van der Waals surface area contributed by atoms with Gasteiger partial charge < -0.3 is 4.74 Å². The lowest BCUT2D eigenvalue weighted by Gasteiger charge is -2.26. The van der Waals surface area contributed by atoms with Crippen molar-refractivity contribution in [2.75, 3.05) is 6.61 Å². The van der Waals surface area contributed by atoms with Gasteiger partial charge in [0.05, 0.1) is 6.61 Å². The summed E-state index contributed by atoms with van der Waals surface area (Å²) in [6.07, 6.45) is 0. The molecule has 0 N–H and O–H groups in total. The summed E-state index contributed by atoms with van der Waals surface area (Å²) < 4.78 is 5.68. The molecule has 0 aromatic carbocycles. The van der Waals surface area contributed by atoms with Crippen LogP contribution in [0, 0.1) is 5.92 Å². The molecule has 0 aliphatic carbocycles. The summed E-state index contributed by atoms with van der Waals surface area (Å²) in [6, 6.07) is 0. The molecule has 0 aromatic heterocycles. The average molecular weight is 160 g/mol. The van der Waals surface area contributed by atoms with Crippen molar-refractivity contribution in [1.29, 1.82) is 0 Å². The first-order chi connectivity index (χ1) is 4.54. The van der Waals surface area contributed by atoms with Crippen LogP contribution in [0.2, 0.25) is 0 Å². The van der Waals surface area contributed by atoms with Gasteiger partial charge in [0.15, 0.2) is 0 Å². The maximum atomic E-state index is 5.68. The molecular weight excluding hydrogens is 144 g/mol. The van der Waals surface area contributed by atoms with Crippen LogP contribution < -0.4 is 0 Å². The predicted octanol–water partition coefficient (Wildman–Crippen LogP) is 2.51. The summed E-state index contributed by atoms with van der Waals surface area (Å²) >= 11 is 1.95. The summed E-state index contributed by atoms with van der Waals surface area (Å²) in [4.78, 5) is 0.0828. The molecule has 0 spiro atoms. The Morgan fingerprint density at radius 2 is 2.20 bits per heavy atom. The molecule has 10 heavy (non-hydrogen) atoms. The van der Waals surface area contributed by atoms with Gasteiger partial charge in [0, 0.05) is 5.25 Å². The zero-order chi connectivity index (χ0) is 7.78. The van der Waals surface area contributed by atoms with E-state index >= 15 is 0 Å². The number of hydrogen-bond donors (Lipinski definition) is 0. The van der Waals surface area contributed by atoms with Crippen molar-refractivity contribution in [2.24, 2.45) is 5.92 Å². The van der Waals surface area contributed by atoms with Crippen molar-refractivity contribution in [3.63, 3.8) is 0 Å². The topological polar surface area (TPSA) is 9.23 Å². The maximum Gasteiger partial charge on any atom is 0.113 e. The van der Waals surface area contributed by atoms with Crippen LogP contribution in [0.1, 0.15) is 27.7 Å². The van der Waals surface area contributed by atoms with Gasteiger partial charge in [-0.3, -0.25) is 0 Å². The normalized spacial score (nSPS) is 41.1. The first-order valence-corrected chi connectivity index (χ1v) is 4.74. The number of rotatable bonds is 1. The van der Waals surface area contributed by atoms with Gasteiger partial charge in [-0.15, -0.1) is 11.8 Å². The molecule has 1 fully saturated rings. The third-order valence-corrected chi connectivity index (χ3v) is 3.68. The van der Waals surface area contributed by atoms with Crippen LogP contribution in [0.5, 0.6) is 0 Å². The van der Waals surface area contributed by atoms with Crippen molar-refractivity contribution in [1.82, 2.24) is 0 Å². The van der Waals surface area contributed by atoms with Crippen molar-refractivity contribution >= 4 is 11.8 Å². The Morgan fingerprint density at radius 3 is 2.40 bits per heavy atom. The molecule has 1 heterocycles. The third kappa shape index (κ3) is 1.48. The van der Waals surface area contributed by atoms with Crippen LogP contribution in [-0.4, -0.2) is 16.8 Å². The van der Waals surface area contributed by atoms with Gasteiger partial charge in [-0.25, -0.2) is 0 Å². The molecule has 0 unspecified atom stereocenters. The van der Waals surface area contributed by atoms with Crippen molar-refractivity contribution in [3.8, 4) is 0 Å². The zero-order valence-corrected chi connectivity index (χ0v) is 7.99. The van der Waals surface area contributed by atoms with E-state index in [2.05, 4.69) is 27.7 Å². The third-order valence-electron chi connectivity index (χ3n) is 2.09. The molecule has 0 radical (unpaired) electrons. The zero-order valence-electron chi connectivity index (χ0n) is 7.18. The van der Waals surface area contributed by atoms with E-state index in [1.165, 1.54) is 0 Å². The summed E-state index contributed by atoms with van der Waals surface area (Å²) in [5, 5.41) is 0.674. The van der Waals surface area contributed by atoms with Gasteiger partial charge >= 0.3 is 0 Å². The first-order valence-electron chi connectivity index (χ1n) is 3.86. The van der Waals surface area contributed by atoms with E-state index in [1.807, 2.05) is 11.8 Å². The first kappa shape index (κ1) is 8.41. The van der Waals surface area contributed by atoms with E-state index in [1.54, 1.807) is 0 Å². The molecule has 0 aromatic rings. The monoisotopic (exact) mass is 160 g/mol. The van der Waals surface area contributed by atoms with Gasteiger partial charge in [-0.1, -0.05) is 20.8 Å². The summed E-state index contributed by atoms with van der Waals surface area (Å²) in [6.45, 7) is 9.75. The van der Waals surface area contributed by atoms with Gasteiger partial charge in [0.2, 0.25) is 0 Å². The molecule has 1 aliphatic rings. The summed E-state index contributed by atoms with van der Waals surface area (Å²) in [7, 11) is 0. The van der Waals surface area contributed by atoms with Crippen LogP contribution in [0.25, 0.3) is 0 Å². The highest BCUT2D eigenvalue weighted by molar-refractivity contribution is 8.01. The highest BCUT2D eigenvalue weighted by Crippen LogP contribution is 2.42.